The van der Waals surface area contributed by atoms with Gasteiger partial charge in [0.1, 0.15) is 5.82 Å². The number of aliphatic hydroxyl groups excluding tert-OH is 1. The second-order valence-electron chi connectivity index (χ2n) is 7.02. The molecule has 0 bridgehead atoms. The third kappa shape index (κ3) is 4.89. The number of aliphatic hydroxyl groups is 1. The fourth-order valence-corrected chi connectivity index (χ4v) is 3.37. The van der Waals surface area contributed by atoms with E-state index in [1.54, 1.807) is 6.07 Å². The lowest BCUT2D eigenvalue weighted by molar-refractivity contribution is 0.229. The van der Waals surface area contributed by atoms with E-state index >= 15 is 0 Å². The van der Waals surface area contributed by atoms with Crippen LogP contribution in [0.25, 0.3) is 11.1 Å². The molecular formula is C21H28FN3O. The van der Waals surface area contributed by atoms with Gasteiger partial charge < -0.3 is 16.2 Å². The van der Waals surface area contributed by atoms with Gasteiger partial charge in [0.25, 0.3) is 0 Å². The minimum Gasteiger partial charge on any atom is -0.396 e. The van der Waals surface area contributed by atoms with Gasteiger partial charge in [-0.3, -0.25) is 4.90 Å². The lowest BCUT2D eigenvalue weighted by Gasteiger charge is -2.27. The first-order valence-corrected chi connectivity index (χ1v) is 9.31. The number of benzene rings is 2. The Morgan fingerprint density at radius 3 is 2.42 bits per heavy atom. The van der Waals surface area contributed by atoms with Crippen LogP contribution < -0.4 is 11.1 Å². The standard InChI is InChI=1S/C21H28FN3O/c22-21-6-5-19(12-20(21)11-17(13-23)15-26)18-3-1-16(2-4-18)14-25-9-7-24-8-10-25/h1-6,12,17,24,26H,7-11,13-15,23H2. The summed E-state index contributed by atoms with van der Waals surface area (Å²) >= 11 is 0. The van der Waals surface area contributed by atoms with Crippen molar-refractivity contribution in [2.45, 2.75) is 13.0 Å². The molecule has 1 atom stereocenters. The number of rotatable bonds is 7. The quantitative estimate of drug-likeness (QED) is 0.709. The molecule has 2 aromatic rings. The maximum Gasteiger partial charge on any atom is 0.126 e. The summed E-state index contributed by atoms with van der Waals surface area (Å²) in [5.41, 5.74) is 9.60. The Labute approximate surface area is 154 Å². The molecule has 0 radical (unpaired) electrons. The lowest BCUT2D eigenvalue weighted by Crippen LogP contribution is -2.42. The van der Waals surface area contributed by atoms with Crippen molar-refractivity contribution in [1.82, 2.24) is 10.2 Å². The first-order valence-electron chi connectivity index (χ1n) is 9.31. The highest BCUT2D eigenvalue weighted by Crippen LogP contribution is 2.24. The highest BCUT2D eigenvalue weighted by Gasteiger charge is 2.12. The van der Waals surface area contributed by atoms with Crippen LogP contribution in [-0.2, 0) is 13.0 Å². The highest BCUT2D eigenvalue weighted by molar-refractivity contribution is 5.64. The molecule has 2 aromatic carbocycles. The minimum absolute atomic E-state index is 0.0269. The van der Waals surface area contributed by atoms with E-state index in [-0.39, 0.29) is 18.3 Å². The fraction of sp³-hybridized carbons (Fsp3) is 0.429. The summed E-state index contributed by atoms with van der Waals surface area (Å²) in [7, 11) is 0. The Hall–Kier alpha value is -1.79. The van der Waals surface area contributed by atoms with Gasteiger partial charge in [-0.05, 0) is 53.3 Å². The zero-order valence-corrected chi connectivity index (χ0v) is 15.1. The van der Waals surface area contributed by atoms with Crippen LogP contribution in [0.1, 0.15) is 11.1 Å². The van der Waals surface area contributed by atoms with Gasteiger partial charge in [-0.25, -0.2) is 4.39 Å². The van der Waals surface area contributed by atoms with Crippen LogP contribution in [0, 0.1) is 11.7 Å². The van der Waals surface area contributed by atoms with Crippen LogP contribution in [0.4, 0.5) is 4.39 Å². The smallest absolute Gasteiger partial charge is 0.126 e. The predicted octanol–water partition coefficient (Wildman–Crippen LogP) is 2.01. The summed E-state index contributed by atoms with van der Waals surface area (Å²) < 4.78 is 14.1. The summed E-state index contributed by atoms with van der Waals surface area (Å²) in [6.45, 7) is 5.54. The molecule has 4 N–H and O–H groups in total. The van der Waals surface area contributed by atoms with Gasteiger partial charge in [-0.15, -0.1) is 0 Å². The van der Waals surface area contributed by atoms with Crippen molar-refractivity contribution in [2.75, 3.05) is 39.3 Å². The van der Waals surface area contributed by atoms with E-state index in [1.165, 1.54) is 11.6 Å². The average Bonchev–Trinajstić information content (AvgIpc) is 2.69. The molecule has 0 amide bonds. The number of nitrogens with one attached hydrogen (secondary N) is 1. The average molecular weight is 357 g/mol. The van der Waals surface area contributed by atoms with Crippen LogP contribution in [-0.4, -0.2) is 49.3 Å². The summed E-state index contributed by atoms with van der Waals surface area (Å²) in [6.07, 6.45) is 0.452. The molecular weight excluding hydrogens is 329 g/mol. The van der Waals surface area contributed by atoms with Crippen molar-refractivity contribution >= 4 is 0 Å². The maximum absolute atomic E-state index is 14.1. The molecule has 1 aliphatic heterocycles. The summed E-state index contributed by atoms with van der Waals surface area (Å²) in [6, 6.07) is 13.7. The van der Waals surface area contributed by atoms with Crippen molar-refractivity contribution in [2.24, 2.45) is 11.7 Å². The molecule has 0 saturated carbocycles. The molecule has 3 rings (SSSR count). The predicted molar refractivity (Wildman–Crippen MR) is 103 cm³/mol. The van der Waals surface area contributed by atoms with E-state index < -0.39 is 0 Å². The van der Waals surface area contributed by atoms with Crippen molar-refractivity contribution in [3.05, 3.63) is 59.4 Å². The zero-order chi connectivity index (χ0) is 18.4. The number of piperazine rings is 1. The van der Waals surface area contributed by atoms with Crippen LogP contribution in [0.2, 0.25) is 0 Å². The minimum atomic E-state index is -0.240. The van der Waals surface area contributed by atoms with E-state index in [0.29, 0.717) is 18.5 Å². The monoisotopic (exact) mass is 357 g/mol. The Bertz CT molecular complexity index is 695. The summed E-state index contributed by atoms with van der Waals surface area (Å²) in [4.78, 5) is 2.45. The van der Waals surface area contributed by atoms with Crippen molar-refractivity contribution in [1.29, 1.82) is 0 Å². The summed E-state index contributed by atoms with van der Waals surface area (Å²) in [5.74, 6) is -0.350. The van der Waals surface area contributed by atoms with E-state index in [1.807, 2.05) is 6.07 Å². The largest absolute Gasteiger partial charge is 0.396 e. The Morgan fingerprint density at radius 1 is 1.08 bits per heavy atom. The van der Waals surface area contributed by atoms with Gasteiger partial charge in [0.2, 0.25) is 0 Å². The molecule has 0 aromatic heterocycles. The fourth-order valence-electron chi connectivity index (χ4n) is 3.37. The van der Waals surface area contributed by atoms with E-state index in [2.05, 4.69) is 34.5 Å². The number of hydrogen-bond donors (Lipinski definition) is 3. The molecule has 1 heterocycles. The first kappa shape index (κ1) is 19.0. The summed E-state index contributed by atoms with van der Waals surface area (Å²) in [5, 5.41) is 12.7. The van der Waals surface area contributed by atoms with Crippen LogP contribution in [0.5, 0.6) is 0 Å². The number of nitrogens with zero attached hydrogens (tertiary/aromatic N) is 1. The van der Waals surface area contributed by atoms with Gasteiger partial charge in [-0.1, -0.05) is 30.3 Å². The Morgan fingerprint density at radius 2 is 1.77 bits per heavy atom. The molecule has 140 valence electrons. The first-order chi connectivity index (χ1) is 12.7. The van der Waals surface area contributed by atoms with E-state index in [4.69, 9.17) is 5.73 Å². The third-order valence-electron chi connectivity index (χ3n) is 5.05. The van der Waals surface area contributed by atoms with E-state index in [9.17, 15) is 9.50 Å². The third-order valence-corrected chi connectivity index (χ3v) is 5.05. The molecule has 1 saturated heterocycles. The number of hydrogen-bond acceptors (Lipinski definition) is 4. The maximum atomic E-state index is 14.1. The van der Waals surface area contributed by atoms with Crippen LogP contribution in [0.15, 0.2) is 42.5 Å². The molecule has 4 nitrogen and oxygen atoms in total. The molecule has 0 aliphatic carbocycles. The zero-order valence-electron chi connectivity index (χ0n) is 15.1. The molecule has 26 heavy (non-hydrogen) atoms. The number of halogens is 1. The van der Waals surface area contributed by atoms with Gasteiger partial charge in [-0.2, -0.15) is 0 Å². The second kappa shape index (κ2) is 9.24. The number of nitrogens with two attached hydrogens (primary N) is 1. The highest BCUT2D eigenvalue weighted by atomic mass is 19.1. The van der Waals surface area contributed by atoms with Gasteiger partial charge in [0.05, 0.1) is 0 Å². The molecule has 1 fully saturated rings. The lowest BCUT2D eigenvalue weighted by atomic mass is 9.95. The molecule has 1 aliphatic rings. The van der Waals surface area contributed by atoms with Crippen LogP contribution >= 0.6 is 0 Å². The van der Waals surface area contributed by atoms with E-state index in [0.717, 1.165) is 43.9 Å². The van der Waals surface area contributed by atoms with Gasteiger partial charge >= 0.3 is 0 Å². The SMILES string of the molecule is NCC(CO)Cc1cc(-c2ccc(CN3CCNCC3)cc2)ccc1F. The molecule has 5 heteroatoms. The second-order valence-corrected chi connectivity index (χ2v) is 7.02. The van der Waals surface area contributed by atoms with Gasteiger partial charge in [0, 0.05) is 39.3 Å². The van der Waals surface area contributed by atoms with Crippen molar-refractivity contribution in [3.8, 4) is 11.1 Å². The van der Waals surface area contributed by atoms with Crippen molar-refractivity contribution < 1.29 is 9.50 Å². The Balaban J connectivity index is 1.72. The topological polar surface area (TPSA) is 61.5 Å². The van der Waals surface area contributed by atoms with Gasteiger partial charge in [0.15, 0.2) is 0 Å². The van der Waals surface area contributed by atoms with Crippen LogP contribution in [0.3, 0.4) is 0 Å². The van der Waals surface area contributed by atoms with Crippen molar-refractivity contribution in [3.63, 3.8) is 0 Å². The Kier molecular flexibility index (Phi) is 6.74. The molecule has 1 unspecified atom stereocenters. The normalized spacial score (nSPS) is 16.6. The molecule has 0 spiro atoms.